The first-order valence-electron chi connectivity index (χ1n) is 15.0. The second-order valence-electron chi connectivity index (χ2n) is 11.2. The number of aromatic nitrogens is 1. The lowest BCUT2D eigenvalue weighted by molar-refractivity contribution is -0.134. The monoisotopic (exact) mass is 578 g/mol. The van der Waals surface area contributed by atoms with Crippen molar-refractivity contribution >= 4 is 16.8 Å². The first-order valence-corrected chi connectivity index (χ1v) is 15.0. The van der Waals surface area contributed by atoms with Gasteiger partial charge in [-0.25, -0.2) is 0 Å². The summed E-state index contributed by atoms with van der Waals surface area (Å²) in [4.78, 5) is 20.6. The maximum atomic E-state index is 14.8. The predicted octanol–water partition coefficient (Wildman–Crippen LogP) is 8.06. The van der Waals surface area contributed by atoms with E-state index in [-0.39, 0.29) is 11.9 Å². The maximum absolute atomic E-state index is 14.8. The van der Waals surface area contributed by atoms with E-state index in [0.29, 0.717) is 13.2 Å². The molecular formula is C39H34N2O3. The lowest BCUT2D eigenvalue weighted by Crippen LogP contribution is -2.43. The average molecular weight is 579 g/mol. The standard InChI is InChI=1S/C39H34N2O3/c1-43-32-21-22-35-34(25-32)33-23-24-41(39(42)36(28-13-7-3-8-14-28)29-15-9-4-10-16-29)38(37(33)40-35)30-17-19-31(20-18-30)44-26-27-11-5-2-6-12-27/h2-22,25,36,38,40H,23-24,26H2,1H3/t38-/m1/s1. The minimum absolute atomic E-state index is 0.0821. The fraction of sp³-hybridized carbons (Fsp3) is 0.154. The van der Waals surface area contributed by atoms with Gasteiger partial charge in [0.2, 0.25) is 5.91 Å². The summed E-state index contributed by atoms with van der Waals surface area (Å²) in [5.74, 6) is 1.28. The third kappa shape index (κ3) is 5.33. The number of amides is 1. The highest BCUT2D eigenvalue weighted by Crippen LogP contribution is 2.42. The highest BCUT2D eigenvalue weighted by atomic mass is 16.5. The molecule has 218 valence electrons. The van der Waals surface area contributed by atoms with E-state index in [9.17, 15) is 4.79 Å². The van der Waals surface area contributed by atoms with E-state index in [1.807, 2.05) is 97.1 Å². The Hall–Kier alpha value is -5.29. The van der Waals surface area contributed by atoms with Crippen LogP contribution in [0, 0.1) is 0 Å². The molecular weight excluding hydrogens is 544 g/mol. The molecule has 0 unspecified atom stereocenters. The Kier molecular flexibility index (Phi) is 7.60. The molecule has 0 bridgehead atoms. The quantitative estimate of drug-likeness (QED) is 0.199. The van der Waals surface area contributed by atoms with Gasteiger partial charge in [-0.15, -0.1) is 0 Å². The van der Waals surface area contributed by atoms with Gasteiger partial charge in [0.15, 0.2) is 0 Å². The van der Waals surface area contributed by atoms with Gasteiger partial charge in [-0.3, -0.25) is 4.79 Å². The van der Waals surface area contributed by atoms with Crippen LogP contribution in [0.1, 0.15) is 45.5 Å². The first-order chi connectivity index (χ1) is 21.7. The van der Waals surface area contributed by atoms with Crippen LogP contribution in [0.3, 0.4) is 0 Å². The van der Waals surface area contributed by atoms with Crippen LogP contribution in [0.4, 0.5) is 0 Å². The van der Waals surface area contributed by atoms with Crippen molar-refractivity contribution in [2.24, 2.45) is 0 Å². The molecule has 5 heteroatoms. The molecule has 5 nitrogen and oxygen atoms in total. The van der Waals surface area contributed by atoms with Crippen LogP contribution in [0.5, 0.6) is 11.5 Å². The number of methoxy groups -OCH3 is 1. The highest BCUT2D eigenvalue weighted by molar-refractivity contribution is 5.90. The number of aromatic amines is 1. The molecule has 6 aromatic rings. The third-order valence-electron chi connectivity index (χ3n) is 8.57. The normalized spacial score (nSPS) is 14.4. The van der Waals surface area contributed by atoms with Crippen molar-refractivity contribution in [1.82, 2.24) is 9.88 Å². The Morgan fingerprint density at radius 2 is 1.41 bits per heavy atom. The smallest absolute Gasteiger partial charge is 0.235 e. The molecule has 1 aromatic heterocycles. The molecule has 0 saturated carbocycles. The summed E-state index contributed by atoms with van der Waals surface area (Å²) in [7, 11) is 1.69. The molecule has 5 aromatic carbocycles. The van der Waals surface area contributed by atoms with Crippen LogP contribution in [-0.2, 0) is 17.8 Å². The van der Waals surface area contributed by atoms with Crippen molar-refractivity contribution < 1.29 is 14.3 Å². The van der Waals surface area contributed by atoms with Gasteiger partial charge in [0.05, 0.1) is 19.1 Å². The number of carbonyl (C=O) groups excluding carboxylic acids is 1. The van der Waals surface area contributed by atoms with Crippen LogP contribution >= 0.6 is 0 Å². The number of benzene rings is 5. The summed E-state index contributed by atoms with van der Waals surface area (Å²) in [6.45, 7) is 1.10. The predicted molar refractivity (Wildman–Crippen MR) is 174 cm³/mol. The van der Waals surface area contributed by atoms with E-state index >= 15 is 0 Å². The van der Waals surface area contributed by atoms with E-state index < -0.39 is 5.92 Å². The summed E-state index contributed by atoms with van der Waals surface area (Å²) in [5.41, 5.74) is 7.44. The molecule has 0 radical (unpaired) electrons. The van der Waals surface area contributed by atoms with E-state index in [1.165, 1.54) is 5.56 Å². The molecule has 0 aliphatic carbocycles. The third-order valence-corrected chi connectivity index (χ3v) is 8.57. The SMILES string of the molecule is COc1ccc2[nH]c3c(c2c1)CCN(C(=O)C(c1ccccc1)c1ccccc1)[C@@H]3c1ccc(OCc2ccccc2)cc1. The summed E-state index contributed by atoms with van der Waals surface area (Å²) >= 11 is 0. The van der Waals surface area contributed by atoms with Gasteiger partial charge in [0.1, 0.15) is 18.1 Å². The van der Waals surface area contributed by atoms with E-state index in [2.05, 4.69) is 46.3 Å². The maximum Gasteiger partial charge on any atom is 0.235 e. The second kappa shape index (κ2) is 12.1. The average Bonchev–Trinajstić information content (AvgIpc) is 3.46. The van der Waals surface area contributed by atoms with Crippen molar-refractivity contribution in [3.05, 3.63) is 167 Å². The minimum atomic E-state index is -0.417. The van der Waals surface area contributed by atoms with Crippen LogP contribution in [0.25, 0.3) is 10.9 Å². The Bertz CT molecular complexity index is 1830. The van der Waals surface area contributed by atoms with Crippen molar-refractivity contribution in [3.8, 4) is 11.5 Å². The van der Waals surface area contributed by atoms with Gasteiger partial charge in [0.25, 0.3) is 0 Å². The zero-order valence-electron chi connectivity index (χ0n) is 24.6. The molecule has 0 fully saturated rings. The number of nitrogens with one attached hydrogen (secondary N) is 1. The molecule has 2 heterocycles. The molecule has 1 amide bonds. The zero-order chi connectivity index (χ0) is 29.9. The van der Waals surface area contributed by atoms with Crippen molar-refractivity contribution in [2.75, 3.05) is 13.7 Å². The van der Waals surface area contributed by atoms with Crippen molar-refractivity contribution in [1.29, 1.82) is 0 Å². The van der Waals surface area contributed by atoms with Gasteiger partial charge in [-0.05, 0) is 64.6 Å². The molecule has 1 aliphatic heterocycles. The van der Waals surface area contributed by atoms with Crippen LogP contribution in [-0.4, -0.2) is 29.4 Å². The Morgan fingerprint density at radius 1 is 0.795 bits per heavy atom. The topological polar surface area (TPSA) is 54.6 Å². The second-order valence-corrected chi connectivity index (χ2v) is 11.2. The van der Waals surface area contributed by atoms with Crippen LogP contribution < -0.4 is 9.47 Å². The lowest BCUT2D eigenvalue weighted by Gasteiger charge is -2.38. The number of hydrogen-bond donors (Lipinski definition) is 1. The fourth-order valence-corrected chi connectivity index (χ4v) is 6.40. The van der Waals surface area contributed by atoms with Crippen molar-refractivity contribution in [2.45, 2.75) is 25.0 Å². The number of H-pyrrole nitrogens is 1. The van der Waals surface area contributed by atoms with E-state index in [0.717, 1.165) is 56.8 Å². The Balaban J connectivity index is 1.29. The van der Waals surface area contributed by atoms with Gasteiger partial charge >= 0.3 is 0 Å². The lowest BCUT2D eigenvalue weighted by atomic mass is 9.86. The summed E-state index contributed by atoms with van der Waals surface area (Å²) < 4.78 is 11.7. The van der Waals surface area contributed by atoms with E-state index in [1.54, 1.807) is 7.11 Å². The zero-order valence-corrected chi connectivity index (χ0v) is 24.6. The minimum Gasteiger partial charge on any atom is -0.497 e. The number of hydrogen-bond acceptors (Lipinski definition) is 3. The number of ether oxygens (including phenoxy) is 2. The van der Waals surface area contributed by atoms with Crippen LogP contribution in [0.2, 0.25) is 0 Å². The number of fused-ring (bicyclic) bond motifs is 3. The van der Waals surface area contributed by atoms with Gasteiger partial charge in [-0.1, -0.05) is 103 Å². The summed E-state index contributed by atoms with van der Waals surface area (Å²) in [6, 6.07) is 44.4. The Labute approximate surface area is 257 Å². The first kappa shape index (κ1) is 27.5. The fourth-order valence-electron chi connectivity index (χ4n) is 6.40. The van der Waals surface area contributed by atoms with Crippen LogP contribution in [0.15, 0.2) is 133 Å². The largest absolute Gasteiger partial charge is 0.497 e. The molecule has 1 aliphatic rings. The van der Waals surface area contributed by atoms with Gasteiger partial charge in [-0.2, -0.15) is 0 Å². The highest BCUT2D eigenvalue weighted by Gasteiger charge is 2.38. The van der Waals surface area contributed by atoms with E-state index in [4.69, 9.17) is 9.47 Å². The Morgan fingerprint density at radius 3 is 2.05 bits per heavy atom. The molecule has 1 N–H and O–H groups in total. The molecule has 1 atom stereocenters. The summed E-state index contributed by atoms with van der Waals surface area (Å²) in [5, 5.41) is 1.14. The molecule has 0 saturated heterocycles. The molecule has 0 spiro atoms. The number of rotatable bonds is 8. The summed E-state index contributed by atoms with van der Waals surface area (Å²) in [6.07, 6.45) is 0.749. The van der Waals surface area contributed by atoms with Crippen molar-refractivity contribution in [3.63, 3.8) is 0 Å². The van der Waals surface area contributed by atoms with Gasteiger partial charge < -0.3 is 19.4 Å². The number of nitrogens with zero attached hydrogens (tertiary/aromatic N) is 1. The van der Waals surface area contributed by atoms with Gasteiger partial charge in [0, 0.05) is 23.1 Å². The molecule has 7 rings (SSSR count). The number of carbonyl (C=O) groups is 1. The molecule has 44 heavy (non-hydrogen) atoms.